The summed E-state index contributed by atoms with van der Waals surface area (Å²) in [5.74, 6) is 0. The summed E-state index contributed by atoms with van der Waals surface area (Å²) in [5.41, 5.74) is 3.58. The van der Waals surface area contributed by atoms with Crippen molar-refractivity contribution < 1.29 is 0 Å². The normalized spacial score (nSPS) is 14.1. The van der Waals surface area contributed by atoms with Gasteiger partial charge in [0, 0.05) is 11.2 Å². The topological polar surface area (TPSA) is 12.0 Å². The molecule has 0 fully saturated rings. The molecule has 0 aromatic rings. The smallest absolute Gasteiger partial charge is 0.0303 e. The van der Waals surface area contributed by atoms with Gasteiger partial charge in [0.25, 0.3) is 0 Å². The van der Waals surface area contributed by atoms with Gasteiger partial charge >= 0.3 is 0 Å². The molecule has 0 atom stereocenters. The van der Waals surface area contributed by atoms with Crippen LogP contribution in [0.2, 0.25) is 0 Å². The number of hydrogen-bond donors (Lipinski definition) is 1. The number of allylic oxidation sites excluding steroid dienone is 4. The highest BCUT2D eigenvalue weighted by molar-refractivity contribution is 5.32. The summed E-state index contributed by atoms with van der Waals surface area (Å²) in [6, 6.07) is 0. The Morgan fingerprint density at radius 3 is 2.00 bits per heavy atom. The molecular weight excluding hydrogens is 170 g/mol. The van der Waals surface area contributed by atoms with Gasteiger partial charge in [0.15, 0.2) is 0 Å². The van der Waals surface area contributed by atoms with Crippen molar-refractivity contribution in [3.63, 3.8) is 0 Å². The Morgan fingerprint density at radius 2 is 1.71 bits per heavy atom. The van der Waals surface area contributed by atoms with Gasteiger partial charge in [0.2, 0.25) is 0 Å². The van der Waals surface area contributed by atoms with E-state index in [1.54, 1.807) is 0 Å². The maximum Gasteiger partial charge on any atom is 0.0303 e. The Kier molecular flexibility index (Phi) is 4.69. The molecular formula is C13H23N. The summed E-state index contributed by atoms with van der Waals surface area (Å²) >= 11 is 0. The van der Waals surface area contributed by atoms with Crippen LogP contribution >= 0.6 is 0 Å². The van der Waals surface area contributed by atoms with Gasteiger partial charge in [-0.05, 0) is 53.2 Å². The van der Waals surface area contributed by atoms with Crippen molar-refractivity contribution in [2.24, 2.45) is 0 Å². The molecule has 0 heterocycles. The van der Waals surface area contributed by atoms with Gasteiger partial charge in [-0.15, -0.1) is 0 Å². The van der Waals surface area contributed by atoms with Crippen LogP contribution in [0, 0.1) is 0 Å². The largest absolute Gasteiger partial charge is 0.381 e. The molecule has 0 rings (SSSR count). The van der Waals surface area contributed by atoms with Crippen molar-refractivity contribution in [2.75, 3.05) is 0 Å². The number of nitrogens with one attached hydrogen (secondary N) is 1. The van der Waals surface area contributed by atoms with Crippen LogP contribution in [-0.4, -0.2) is 5.54 Å². The lowest BCUT2D eigenvalue weighted by Crippen LogP contribution is -2.34. The van der Waals surface area contributed by atoms with Gasteiger partial charge < -0.3 is 5.32 Å². The highest BCUT2D eigenvalue weighted by atomic mass is 15.0. The quantitative estimate of drug-likeness (QED) is 0.672. The van der Waals surface area contributed by atoms with Crippen molar-refractivity contribution in [1.29, 1.82) is 0 Å². The molecule has 1 N–H and O–H groups in total. The summed E-state index contributed by atoms with van der Waals surface area (Å²) in [6.07, 6.45) is 4.21. The lowest BCUT2D eigenvalue weighted by atomic mass is 10.1. The van der Waals surface area contributed by atoms with Gasteiger partial charge in [-0.3, -0.25) is 0 Å². The Balaban J connectivity index is 4.63. The fourth-order valence-corrected chi connectivity index (χ4v) is 0.981. The minimum Gasteiger partial charge on any atom is -0.381 e. The molecule has 0 saturated carbocycles. The second-order valence-electron chi connectivity index (χ2n) is 4.73. The summed E-state index contributed by atoms with van der Waals surface area (Å²) in [6.45, 7) is 16.5. The maximum absolute atomic E-state index is 3.92. The summed E-state index contributed by atoms with van der Waals surface area (Å²) in [4.78, 5) is 0. The van der Waals surface area contributed by atoms with Gasteiger partial charge in [0.1, 0.15) is 0 Å². The molecule has 0 unspecified atom stereocenters. The van der Waals surface area contributed by atoms with E-state index in [1.807, 2.05) is 13.8 Å². The van der Waals surface area contributed by atoms with Crippen LogP contribution in [0.5, 0.6) is 0 Å². The van der Waals surface area contributed by atoms with Gasteiger partial charge in [0.05, 0.1) is 0 Å². The zero-order valence-electron chi connectivity index (χ0n) is 10.4. The minimum absolute atomic E-state index is 0.105. The Morgan fingerprint density at radius 1 is 1.21 bits per heavy atom. The fraction of sp³-hybridized carbons (Fsp3) is 0.538. The van der Waals surface area contributed by atoms with E-state index in [0.717, 1.165) is 11.3 Å². The summed E-state index contributed by atoms with van der Waals surface area (Å²) in [7, 11) is 0. The van der Waals surface area contributed by atoms with Crippen LogP contribution in [-0.2, 0) is 0 Å². The van der Waals surface area contributed by atoms with Gasteiger partial charge in [-0.2, -0.15) is 0 Å². The standard InChI is InChI=1S/C13H23N/c1-8-12(14-13(5,6)7)9-11(4)10(2)3/h8-9,14H,2H2,1,3-7H3/b11-9+,12-8+. The SMILES string of the molecule is C=C(C)/C(C)=C/C(=C\C)NC(C)(C)C. The molecule has 0 amide bonds. The first kappa shape index (κ1) is 13.0. The van der Waals surface area contributed by atoms with E-state index in [2.05, 4.69) is 51.7 Å². The van der Waals surface area contributed by atoms with Crippen molar-refractivity contribution in [3.8, 4) is 0 Å². The summed E-state index contributed by atoms with van der Waals surface area (Å²) < 4.78 is 0. The fourth-order valence-electron chi connectivity index (χ4n) is 0.981. The van der Waals surface area contributed by atoms with E-state index in [0.29, 0.717) is 0 Å². The summed E-state index contributed by atoms with van der Waals surface area (Å²) in [5, 5.41) is 3.44. The lowest BCUT2D eigenvalue weighted by molar-refractivity contribution is 0.479. The van der Waals surface area contributed by atoms with E-state index < -0.39 is 0 Å². The molecule has 0 radical (unpaired) electrons. The van der Waals surface area contributed by atoms with E-state index in [4.69, 9.17) is 0 Å². The Bertz CT molecular complexity index is 261. The van der Waals surface area contributed by atoms with Crippen LogP contribution in [0.25, 0.3) is 0 Å². The second-order valence-corrected chi connectivity index (χ2v) is 4.73. The molecule has 1 heteroatoms. The monoisotopic (exact) mass is 193 g/mol. The molecule has 0 aliphatic carbocycles. The molecule has 0 saturated heterocycles. The first-order valence-corrected chi connectivity index (χ1v) is 5.05. The van der Waals surface area contributed by atoms with Crippen molar-refractivity contribution in [2.45, 2.75) is 47.1 Å². The van der Waals surface area contributed by atoms with Crippen LogP contribution in [0.15, 0.2) is 35.6 Å². The van der Waals surface area contributed by atoms with Crippen molar-refractivity contribution in [1.82, 2.24) is 5.32 Å². The zero-order chi connectivity index (χ0) is 11.4. The predicted octanol–water partition coefficient (Wildman–Crippen LogP) is 3.80. The molecule has 80 valence electrons. The maximum atomic E-state index is 3.92. The van der Waals surface area contributed by atoms with Crippen molar-refractivity contribution >= 4 is 0 Å². The molecule has 1 nitrogen and oxygen atoms in total. The second kappa shape index (κ2) is 5.04. The predicted molar refractivity (Wildman–Crippen MR) is 65.2 cm³/mol. The van der Waals surface area contributed by atoms with Crippen LogP contribution in [0.3, 0.4) is 0 Å². The highest BCUT2D eigenvalue weighted by Crippen LogP contribution is 2.11. The Labute approximate surface area is 88.6 Å². The van der Waals surface area contributed by atoms with Crippen LogP contribution in [0.1, 0.15) is 41.5 Å². The molecule has 0 aliphatic rings. The first-order valence-electron chi connectivity index (χ1n) is 5.05. The third-order valence-corrected chi connectivity index (χ3v) is 1.88. The molecule has 0 aromatic heterocycles. The van der Waals surface area contributed by atoms with Gasteiger partial charge in [-0.1, -0.05) is 18.2 Å². The van der Waals surface area contributed by atoms with Gasteiger partial charge in [-0.25, -0.2) is 0 Å². The van der Waals surface area contributed by atoms with Crippen LogP contribution < -0.4 is 5.32 Å². The molecule has 14 heavy (non-hydrogen) atoms. The average Bonchev–Trinajstić information content (AvgIpc) is 2.00. The molecule has 0 bridgehead atoms. The third kappa shape index (κ3) is 5.63. The highest BCUT2D eigenvalue weighted by Gasteiger charge is 2.09. The molecule has 0 aliphatic heterocycles. The zero-order valence-corrected chi connectivity index (χ0v) is 10.4. The Hall–Kier alpha value is -0.980. The van der Waals surface area contributed by atoms with E-state index in [1.165, 1.54) is 5.57 Å². The lowest BCUT2D eigenvalue weighted by Gasteiger charge is -2.23. The first-order chi connectivity index (χ1) is 6.26. The van der Waals surface area contributed by atoms with E-state index in [-0.39, 0.29) is 5.54 Å². The van der Waals surface area contributed by atoms with Crippen molar-refractivity contribution in [3.05, 3.63) is 35.6 Å². The molecule has 0 spiro atoms. The average molecular weight is 193 g/mol. The number of rotatable bonds is 3. The van der Waals surface area contributed by atoms with E-state index >= 15 is 0 Å². The van der Waals surface area contributed by atoms with E-state index in [9.17, 15) is 0 Å². The van der Waals surface area contributed by atoms with Crippen LogP contribution in [0.4, 0.5) is 0 Å². The number of hydrogen-bond acceptors (Lipinski definition) is 1. The minimum atomic E-state index is 0.105. The third-order valence-electron chi connectivity index (χ3n) is 1.88. The molecule has 0 aromatic carbocycles.